The molecule has 0 spiro atoms. The molecule has 7 nitrogen and oxygen atoms in total. The number of carbonyl (C=O) groups is 2. The molecule has 1 unspecified atom stereocenters. The second kappa shape index (κ2) is 9.21. The number of pyridine rings is 1. The van der Waals surface area contributed by atoms with Crippen molar-refractivity contribution in [1.82, 2.24) is 14.8 Å². The molecule has 0 aliphatic carbocycles. The maximum absolute atomic E-state index is 13.7. The van der Waals surface area contributed by atoms with E-state index >= 15 is 0 Å². The Hall–Kier alpha value is -3.44. The van der Waals surface area contributed by atoms with Gasteiger partial charge in [0.2, 0.25) is 5.91 Å². The fourth-order valence-corrected chi connectivity index (χ4v) is 4.99. The third-order valence-corrected chi connectivity index (χ3v) is 7.42. The van der Waals surface area contributed by atoms with Crippen LogP contribution in [0.25, 0.3) is 21.3 Å². The molecule has 2 amide bonds. The lowest BCUT2D eigenvalue weighted by Gasteiger charge is -2.16. The molecule has 1 atom stereocenters. The average Bonchev–Trinajstić information content (AvgIpc) is 3.30. The first-order valence-electron chi connectivity index (χ1n) is 10.7. The third-order valence-electron chi connectivity index (χ3n) is 5.77. The first-order chi connectivity index (χ1) is 16.8. The van der Waals surface area contributed by atoms with E-state index in [1.807, 2.05) is 6.92 Å². The molecule has 12 heteroatoms. The number of nitrogens with two attached hydrogens (primary N) is 1. The summed E-state index contributed by atoms with van der Waals surface area (Å²) in [6, 6.07) is 6.89. The molecule has 4 aromatic rings. The van der Waals surface area contributed by atoms with E-state index in [1.54, 1.807) is 45.0 Å². The summed E-state index contributed by atoms with van der Waals surface area (Å²) in [6.07, 6.45) is -4.73. The predicted molar refractivity (Wildman–Crippen MR) is 133 cm³/mol. The first-order valence-corrected chi connectivity index (χ1v) is 11.9. The van der Waals surface area contributed by atoms with Gasteiger partial charge in [0, 0.05) is 5.39 Å². The molecule has 4 rings (SSSR count). The van der Waals surface area contributed by atoms with Gasteiger partial charge in [-0.1, -0.05) is 41.4 Å². The summed E-state index contributed by atoms with van der Waals surface area (Å²) in [6.45, 7) is 6.84. The standard InChI is InChI=1S/C24H21ClF3N5O2S/c1-10-5-7-14(8-6-10)15-9-16(24(26,27)28)30-23-17(15)19(20(36-23)21(29)34)31-22(35)13(4)33-12(3)18(25)11(2)32-33/h5-9,13H,1-4H3,(H2,29,34)(H,31,35). The molecule has 3 N–H and O–H groups in total. The molecule has 1 aromatic carbocycles. The number of aromatic nitrogens is 3. The van der Waals surface area contributed by atoms with E-state index in [1.165, 1.54) is 4.68 Å². The number of amides is 2. The molecule has 3 aromatic heterocycles. The zero-order chi connectivity index (χ0) is 26.5. The highest BCUT2D eigenvalue weighted by molar-refractivity contribution is 7.21. The number of anilines is 1. The molecular formula is C24H21ClF3N5O2S. The van der Waals surface area contributed by atoms with Gasteiger partial charge in [-0.05, 0) is 44.9 Å². The SMILES string of the molecule is Cc1ccc(-c2cc(C(F)(F)F)nc3sc(C(N)=O)c(NC(=O)C(C)n4nc(C)c(Cl)c4C)c23)cc1. The van der Waals surface area contributed by atoms with Crippen LogP contribution in [0.3, 0.4) is 0 Å². The van der Waals surface area contributed by atoms with Crippen molar-refractivity contribution >= 4 is 50.7 Å². The molecule has 188 valence electrons. The number of hydrogen-bond acceptors (Lipinski definition) is 5. The van der Waals surface area contributed by atoms with Crippen molar-refractivity contribution in [3.63, 3.8) is 0 Å². The highest BCUT2D eigenvalue weighted by Crippen LogP contribution is 2.44. The number of alkyl halides is 3. The number of halogens is 4. The van der Waals surface area contributed by atoms with E-state index in [4.69, 9.17) is 17.3 Å². The highest BCUT2D eigenvalue weighted by Gasteiger charge is 2.35. The molecule has 0 aliphatic rings. The van der Waals surface area contributed by atoms with Crippen LogP contribution in [0, 0.1) is 20.8 Å². The normalized spacial score (nSPS) is 12.7. The van der Waals surface area contributed by atoms with Crippen LogP contribution in [0.5, 0.6) is 0 Å². The topological polar surface area (TPSA) is 103 Å². The number of benzene rings is 1. The van der Waals surface area contributed by atoms with Crippen molar-refractivity contribution in [2.75, 3.05) is 5.32 Å². The summed E-state index contributed by atoms with van der Waals surface area (Å²) in [4.78, 5) is 29.1. The van der Waals surface area contributed by atoms with Gasteiger partial charge in [0.05, 0.1) is 22.1 Å². The van der Waals surface area contributed by atoms with E-state index in [-0.39, 0.29) is 26.3 Å². The van der Waals surface area contributed by atoms with E-state index < -0.39 is 29.7 Å². The molecule has 0 radical (unpaired) electrons. The number of fused-ring (bicyclic) bond motifs is 1. The van der Waals surface area contributed by atoms with Crippen molar-refractivity contribution in [3.05, 3.63) is 62.9 Å². The number of nitrogens with zero attached hydrogens (tertiary/aromatic N) is 3. The zero-order valence-electron chi connectivity index (χ0n) is 19.6. The van der Waals surface area contributed by atoms with Gasteiger partial charge in [0.15, 0.2) is 0 Å². The lowest BCUT2D eigenvalue weighted by atomic mass is 10.00. The molecule has 3 heterocycles. The van der Waals surface area contributed by atoms with Crippen LogP contribution in [0.15, 0.2) is 30.3 Å². The van der Waals surface area contributed by atoms with Gasteiger partial charge < -0.3 is 11.1 Å². The Morgan fingerprint density at radius 2 is 1.81 bits per heavy atom. The molecule has 0 saturated heterocycles. The van der Waals surface area contributed by atoms with E-state index in [0.717, 1.165) is 11.6 Å². The number of primary amides is 1. The first kappa shape index (κ1) is 25.6. The number of hydrogen-bond donors (Lipinski definition) is 2. The van der Waals surface area contributed by atoms with Gasteiger partial charge in [-0.2, -0.15) is 18.3 Å². The molecule has 0 fully saturated rings. The van der Waals surface area contributed by atoms with Crippen molar-refractivity contribution in [2.24, 2.45) is 5.73 Å². The van der Waals surface area contributed by atoms with E-state index in [2.05, 4.69) is 15.4 Å². The summed E-state index contributed by atoms with van der Waals surface area (Å²) >= 11 is 6.90. The Morgan fingerprint density at radius 3 is 2.33 bits per heavy atom. The fraction of sp³-hybridized carbons (Fsp3) is 0.250. The Morgan fingerprint density at radius 1 is 1.17 bits per heavy atom. The maximum Gasteiger partial charge on any atom is 0.433 e. The minimum Gasteiger partial charge on any atom is -0.365 e. The fourth-order valence-electron chi connectivity index (χ4n) is 3.86. The third kappa shape index (κ3) is 4.56. The minimum atomic E-state index is -4.73. The van der Waals surface area contributed by atoms with Crippen molar-refractivity contribution in [2.45, 2.75) is 39.9 Å². The number of carbonyl (C=O) groups excluding carboxylic acids is 2. The Kier molecular flexibility index (Phi) is 6.56. The van der Waals surface area contributed by atoms with Gasteiger partial charge in [-0.15, -0.1) is 11.3 Å². The van der Waals surface area contributed by atoms with Gasteiger partial charge >= 0.3 is 6.18 Å². The van der Waals surface area contributed by atoms with Crippen molar-refractivity contribution in [1.29, 1.82) is 0 Å². The molecule has 36 heavy (non-hydrogen) atoms. The predicted octanol–water partition coefficient (Wildman–Crippen LogP) is 6.06. The summed E-state index contributed by atoms with van der Waals surface area (Å²) in [7, 11) is 0. The lowest BCUT2D eigenvalue weighted by Crippen LogP contribution is -2.26. The largest absolute Gasteiger partial charge is 0.433 e. The quantitative estimate of drug-likeness (QED) is 0.324. The van der Waals surface area contributed by atoms with Crippen LogP contribution in [0.1, 0.15) is 45.3 Å². The monoisotopic (exact) mass is 535 g/mol. The molecular weight excluding hydrogens is 515 g/mol. The summed E-state index contributed by atoms with van der Waals surface area (Å²) < 4.78 is 42.5. The van der Waals surface area contributed by atoms with Crippen LogP contribution < -0.4 is 11.1 Å². The molecule has 0 bridgehead atoms. The lowest BCUT2D eigenvalue weighted by molar-refractivity contribution is -0.140. The number of aryl methyl sites for hydroxylation is 2. The smallest absolute Gasteiger partial charge is 0.365 e. The van der Waals surface area contributed by atoms with Crippen molar-refractivity contribution < 1.29 is 22.8 Å². The molecule has 0 saturated carbocycles. The van der Waals surface area contributed by atoms with Crippen LogP contribution >= 0.6 is 22.9 Å². The summed E-state index contributed by atoms with van der Waals surface area (Å²) in [5.41, 5.74) is 7.08. The van der Waals surface area contributed by atoms with Crippen LogP contribution in [-0.2, 0) is 11.0 Å². The number of rotatable bonds is 5. The van der Waals surface area contributed by atoms with Crippen LogP contribution in [0.4, 0.5) is 18.9 Å². The zero-order valence-corrected chi connectivity index (χ0v) is 21.2. The van der Waals surface area contributed by atoms with Gasteiger partial charge in [0.25, 0.3) is 5.91 Å². The Balaban J connectivity index is 1.92. The Labute approximate surface area is 213 Å². The van der Waals surface area contributed by atoms with Gasteiger partial charge in [-0.3, -0.25) is 14.3 Å². The van der Waals surface area contributed by atoms with Crippen LogP contribution in [0.2, 0.25) is 5.02 Å². The maximum atomic E-state index is 13.7. The average molecular weight is 536 g/mol. The summed E-state index contributed by atoms with van der Waals surface area (Å²) in [5, 5.41) is 7.59. The van der Waals surface area contributed by atoms with Gasteiger partial charge in [0.1, 0.15) is 21.4 Å². The van der Waals surface area contributed by atoms with Gasteiger partial charge in [-0.25, -0.2) is 4.98 Å². The Bertz CT molecular complexity index is 1510. The minimum absolute atomic E-state index is 0.00350. The summed E-state index contributed by atoms with van der Waals surface area (Å²) in [5.74, 6) is -1.47. The second-order valence-electron chi connectivity index (χ2n) is 8.36. The molecule has 0 aliphatic heterocycles. The van der Waals surface area contributed by atoms with Crippen LogP contribution in [-0.4, -0.2) is 26.6 Å². The number of thiophene rings is 1. The number of nitrogens with one attached hydrogen (secondary N) is 1. The second-order valence-corrected chi connectivity index (χ2v) is 9.74. The highest BCUT2D eigenvalue weighted by atomic mass is 35.5. The van der Waals surface area contributed by atoms with E-state index in [0.29, 0.717) is 33.3 Å². The van der Waals surface area contributed by atoms with E-state index in [9.17, 15) is 22.8 Å². The van der Waals surface area contributed by atoms with Crippen molar-refractivity contribution in [3.8, 4) is 11.1 Å².